The van der Waals surface area contributed by atoms with Crippen molar-refractivity contribution >= 4 is 29.2 Å². The van der Waals surface area contributed by atoms with Crippen molar-refractivity contribution in [1.29, 1.82) is 0 Å². The fourth-order valence-electron chi connectivity index (χ4n) is 3.14. The molecule has 0 spiro atoms. The number of hydrogen-bond donors (Lipinski definition) is 2. The van der Waals surface area contributed by atoms with Gasteiger partial charge in [0.1, 0.15) is 5.02 Å². The Bertz CT molecular complexity index is 793. The molecule has 0 saturated carbocycles. The van der Waals surface area contributed by atoms with E-state index in [9.17, 15) is 14.7 Å². The SMILES string of the molecule is CC1CC(C(=O)O)CN(C(=O)NCCc2cnc3c(Cl)cnn3c2)C1. The number of likely N-dealkylation sites (tertiary alicyclic amines) is 1. The third kappa shape index (κ3) is 4.01. The molecule has 0 aromatic carbocycles. The van der Waals surface area contributed by atoms with Crippen molar-refractivity contribution in [1.82, 2.24) is 24.8 Å². The van der Waals surface area contributed by atoms with E-state index in [1.54, 1.807) is 15.6 Å². The van der Waals surface area contributed by atoms with Crippen LogP contribution in [0.5, 0.6) is 0 Å². The van der Waals surface area contributed by atoms with E-state index in [-0.39, 0.29) is 18.5 Å². The molecule has 2 amide bonds. The molecule has 8 nitrogen and oxygen atoms in total. The van der Waals surface area contributed by atoms with E-state index >= 15 is 0 Å². The lowest BCUT2D eigenvalue weighted by Gasteiger charge is -2.34. The fraction of sp³-hybridized carbons (Fsp3) is 0.500. The molecule has 1 saturated heterocycles. The van der Waals surface area contributed by atoms with Crippen LogP contribution < -0.4 is 5.32 Å². The summed E-state index contributed by atoms with van der Waals surface area (Å²) in [5.74, 6) is -1.16. The molecule has 0 aliphatic carbocycles. The Kier molecular flexibility index (Phi) is 5.08. The zero-order valence-corrected chi connectivity index (χ0v) is 14.6. The number of carbonyl (C=O) groups excluding carboxylic acids is 1. The number of nitrogens with zero attached hydrogens (tertiary/aromatic N) is 4. The number of nitrogens with one attached hydrogen (secondary N) is 1. The summed E-state index contributed by atoms with van der Waals surface area (Å²) in [5.41, 5.74) is 1.51. The van der Waals surface area contributed by atoms with E-state index in [2.05, 4.69) is 15.4 Å². The van der Waals surface area contributed by atoms with Crippen molar-refractivity contribution in [3.05, 3.63) is 29.2 Å². The highest BCUT2D eigenvalue weighted by Crippen LogP contribution is 2.21. The van der Waals surface area contributed by atoms with E-state index in [0.717, 1.165) is 5.56 Å². The monoisotopic (exact) mass is 365 g/mol. The third-order valence-corrected chi connectivity index (χ3v) is 4.62. The maximum atomic E-state index is 12.3. The van der Waals surface area contributed by atoms with E-state index in [1.807, 2.05) is 13.1 Å². The number of carboxylic acids is 1. The van der Waals surface area contributed by atoms with Crippen LogP contribution in [0.1, 0.15) is 18.9 Å². The van der Waals surface area contributed by atoms with Crippen LogP contribution in [0.15, 0.2) is 18.6 Å². The standard InChI is InChI=1S/C16H20ClN5O3/c1-10-4-12(15(23)24)9-21(7-10)16(25)18-3-2-11-5-19-14-13(17)6-20-22(14)8-11/h5-6,8,10,12H,2-4,7,9H2,1H3,(H,18,25)(H,23,24). The molecular formula is C16H20ClN5O3. The average molecular weight is 366 g/mol. The number of urea groups is 1. The average Bonchev–Trinajstić information content (AvgIpc) is 2.95. The minimum atomic E-state index is -0.846. The van der Waals surface area contributed by atoms with Crippen LogP contribution in [-0.2, 0) is 11.2 Å². The summed E-state index contributed by atoms with van der Waals surface area (Å²) in [6.45, 7) is 3.23. The molecule has 2 N–H and O–H groups in total. The van der Waals surface area contributed by atoms with Crippen molar-refractivity contribution < 1.29 is 14.7 Å². The van der Waals surface area contributed by atoms with Crippen molar-refractivity contribution in [2.75, 3.05) is 19.6 Å². The van der Waals surface area contributed by atoms with Gasteiger partial charge in [-0.1, -0.05) is 18.5 Å². The van der Waals surface area contributed by atoms with E-state index < -0.39 is 11.9 Å². The molecular weight excluding hydrogens is 346 g/mol. The second-order valence-corrected chi connectivity index (χ2v) is 6.89. The van der Waals surface area contributed by atoms with Gasteiger partial charge in [-0.2, -0.15) is 5.10 Å². The summed E-state index contributed by atoms with van der Waals surface area (Å²) >= 11 is 5.95. The van der Waals surface area contributed by atoms with Gasteiger partial charge in [-0.25, -0.2) is 14.3 Å². The van der Waals surface area contributed by atoms with Crippen LogP contribution in [0.4, 0.5) is 4.79 Å². The maximum absolute atomic E-state index is 12.3. The molecule has 3 rings (SSSR count). The third-order valence-electron chi connectivity index (χ3n) is 4.35. The molecule has 2 aromatic heterocycles. The van der Waals surface area contributed by atoms with Crippen LogP contribution in [0.3, 0.4) is 0 Å². The van der Waals surface area contributed by atoms with Crippen molar-refractivity contribution in [3.63, 3.8) is 0 Å². The van der Waals surface area contributed by atoms with Crippen LogP contribution in [-0.4, -0.2) is 56.2 Å². The number of carbonyl (C=O) groups is 2. The summed E-state index contributed by atoms with van der Waals surface area (Å²) in [4.78, 5) is 29.3. The van der Waals surface area contributed by atoms with Crippen molar-refractivity contribution in [3.8, 4) is 0 Å². The molecule has 2 aromatic rings. The number of aliphatic carboxylic acids is 1. The predicted molar refractivity (Wildman–Crippen MR) is 91.6 cm³/mol. The second-order valence-electron chi connectivity index (χ2n) is 6.49. The topological polar surface area (TPSA) is 99.8 Å². The number of carboxylic acid groups (broad SMARTS) is 1. The van der Waals surface area contributed by atoms with Crippen LogP contribution >= 0.6 is 11.6 Å². The molecule has 2 unspecified atom stereocenters. The molecule has 25 heavy (non-hydrogen) atoms. The molecule has 1 aliphatic rings. The summed E-state index contributed by atoms with van der Waals surface area (Å²) in [7, 11) is 0. The first-order chi connectivity index (χ1) is 11.9. The van der Waals surface area contributed by atoms with Gasteiger partial charge in [0.25, 0.3) is 0 Å². The van der Waals surface area contributed by atoms with Crippen LogP contribution in [0.25, 0.3) is 5.65 Å². The zero-order valence-electron chi connectivity index (χ0n) is 13.9. The highest BCUT2D eigenvalue weighted by atomic mass is 35.5. The first-order valence-corrected chi connectivity index (χ1v) is 8.55. The smallest absolute Gasteiger partial charge is 0.317 e. The summed E-state index contributed by atoms with van der Waals surface area (Å²) in [5, 5.41) is 16.6. The van der Waals surface area contributed by atoms with Crippen molar-refractivity contribution in [2.24, 2.45) is 11.8 Å². The van der Waals surface area contributed by atoms with Gasteiger partial charge in [-0.3, -0.25) is 4.79 Å². The molecule has 3 heterocycles. The van der Waals surface area contributed by atoms with Crippen LogP contribution in [0, 0.1) is 11.8 Å². The summed E-state index contributed by atoms with van der Waals surface area (Å²) < 4.78 is 1.60. The molecule has 1 fully saturated rings. The van der Waals surface area contributed by atoms with Gasteiger partial charge in [0.15, 0.2) is 5.65 Å². The molecule has 0 radical (unpaired) electrons. The Morgan fingerprint density at radius 1 is 1.40 bits per heavy atom. The van der Waals surface area contributed by atoms with Gasteiger partial charge in [-0.15, -0.1) is 0 Å². The predicted octanol–water partition coefficient (Wildman–Crippen LogP) is 1.68. The number of halogens is 1. The number of piperidine rings is 1. The Balaban J connectivity index is 1.53. The zero-order chi connectivity index (χ0) is 18.0. The van der Waals surface area contributed by atoms with Gasteiger partial charge in [0.05, 0.1) is 12.1 Å². The lowest BCUT2D eigenvalue weighted by molar-refractivity contribution is -0.143. The Morgan fingerprint density at radius 3 is 2.96 bits per heavy atom. The van der Waals surface area contributed by atoms with Gasteiger partial charge in [0, 0.05) is 32.0 Å². The van der Waals surface area contributed by atoms with Gasteiger partial charge in [-0.05, 0) is 24.3 Å². The molecule has 134 valence electrons. The Labute approximate surface area is 149 Å². The quantitative estimate of drug-likeness (QED) is 0.858. The summed E-state index contributed by atoms with van der Waals surface area (Å²) in [6, 6.07) is -0.228. The number of rotatable bonds is 4. The lowest BCUT2D eigenvalue weighted by Crippen LogP contribution is -2.49. The highest BCUT2D eigenvalue weighted by Gasteiger charge is 2.31. The lowest BCUT2D eigenvalue weighted by atomic mass is 9.91. The van der Waals surface area contributed by atoms with Crippen molar-refractivity contribution in [2.45, 2.75) is 19.8 Å². The normalized spacial score (nSPS) is 20.6. The Hall–Kier alpha value is -2.35. The maximum Gasteiger partial charge on any atom is 0.317 e. The molecule has 0 bridgehead atoms. The number of hydrogen-bond acceptors (Lipinski definition) is 4. The fourth-order valence-corrected chi connectivity index (χ4v) is 3.31. The number of aromatic nitrogens is 3. The molecule has 9 heteroatoms. The van der Waals surface area contributed by atoms with Gasteiger partial charge >= 0.3 is 12.0 Å². The number of amides is 2. The highest BCUT2D eigenvalue weighted by molar-refractivity contribution is 6.33. The summed E-state index contributed by atoms with van der Waals surface area (Å²) in [6.07, 6.45) is 6.27. The molecule has 2 atom stereocenters. The molecule has 1 aliphatic heterocycles. The Morgan fingerprint density at radius 2 is 2.20 bits per heavy atom. The van der Waals surface area contributed by atoms with E-state index in [1.165, 1.54) is 6.20 Å². The largest absolute Gasteiger partial charge is 0.481 e. The van der Waals surface area contributed by atoms with Crippen LogP contribution in [0.2, 0.25) is 5.02 Å². The number of fused-ring (bicyclic) bond motifs is 1. The first kappa shape index (κ1) is 17.5. The minimum Gasteiger partial charge on any atom is -0.481 e. The first-order valence-electron chi connectivity index (χ1n) is 8.17. The second kappa shape index (κ2) is 7.26. The van der Waals surface area contributed by atoms with E-state index in [0.29, 0.717) is 36.6 Å². The van der Waals surface area contributed by atoms with E-state index in [4.69, 9.17) is 11.6 Å². The van der Waals surface area contributed by atoms with Gasteiger partial charge < -0.3 is 15.3 Å². The van der Waals surface area contributed by atoms with Gasteiger partial charge in [0.2, 0.25) is 0 Å². The minimum absolute atomic E-state index is 0.178.